The van der Waals surface area contributed by atoms with Crippen molar-refractivity contribution in [1.29, 1.82) is 0 Å². The van der Waals surface area contributed by atoms with Crippen molar-refractivity contribution in [3.05, 3.63) is 11.4 Å². The average Bonchev–Trinajstić information content (AvgIpc) is 2.73. The van der Waals surface area contributed by atoms with Crippen molar-refractivity contribution >= 4 is 21.6 Å². The Labute approximate surface area is 113 Å². The van der Waals surface area contributed by atoms with Crippen LogP contribution in [0.25, 0.3) is 0 Å². The van der Waals surface area contributed by atoms with Gasteiger partial charge in [0.1, 0.15) is 4.90 Å². The van der Waals surface area contributed by atoms with Crippen LogP contribution in [-0.2, 0) is 17.1 Å². The molecule has 102 valence electrons. The van der Waals surface area contributed by atoms with E-state index in [4.69, 9.17) is 11.6 Å². The maximum absolute atomic E-state index is 12.4. The van der Waals surface area contributed by atoms with Crippen LogP contribution < -0.4 is 4.72 Å². The highest BCUT2D eigenvalue weighted by molar-refractivity contribution is 7.89. The second-order valence-electron chi connectivity index (χ2n) is 4.80. The van der Waals surface area contributed by atoms with Crippen molar-refractivity contribution in [3.8, 4) is 0 Å². The van der Waals surface area contributed by atoms with E-state index < -0.39 is 10.0 Å². The van der Waals surface area contributed by atoms with Crippen LogP contribution >= 0.6 is 11.6 Å². The van der Waals surface area contributed by atoms with Gasteiger partial charge in [-0.1, -0.05) is 6.42 Å². The smallest absolute Gasteiger partial charge is 0.244 e. The van der Waals surface area contributed by atoms with Gasteiger partial charge < -0.3 is 0 Å². The molecule has 0 bridgehead atoms. The molecule has 5 nitrogen and oxygen atoms in total. The summed E-state index contributed by atoms with van der Waals surface area (Å²) in [5.41, 5.74) is 1.16. The van der Waals surface area contributed by atoms with Crippen LogP contribution in [-0.4, -0.2) is 29.6 Å². The Morgan fingerprint density at radius 3 is 2.50 bits per heavy atom. The van der Waals surface area contributed by atoms with Gasteiger partial charge in [0, 0.05) is 18.5 Å². The minimum absolute atomic E-state index is 0.114. The molecular weight excluding hydrogens is 274 g/mol. The van der Waals surface area contributed by atoms with Gasteiger partial charge in [0.05, 0.1) is 11.4 Å². The minimum atomic E-state index is -3.53. The molecule has 0 spiro atoms. The number of rotatable bonds is 3. The van der Waals surface area contributed by atoms with Gasteiger partial charge in [0.2, 0.25) is 10.0 Å². The molecule has 0 radical (unpaired) electrons. The van der Waals surface area contributed by atoms with E-state index in [1.54, 1.807) is 25.6 Å². The molecule has 18 heavy (non-hydrogen) atoms. The fraction of sp³-hybridized carbons (Fsp3) is 0.727. The third kappa shape index (κ3) is 2.41. The Kier molecular flexibility index (Phi) is 3.71. The second kappa shape index (κ2) is 4.83. The van der Waals surface area contributed by atoms with Crippen molar-refractivity contribution in [2.75, 3.05) is 0 Å². The van der Waals surface area contributed by atoms with Crippen LogP contribution in [0.15, 0.2) is 4.90 Å². The Hall–Kier alpha value is -0.590. The van der Waals surface area contributed by atoms with Crippen LogP contribution in [0.2, 0.25) is 0 Å². The first-order chi connectivity index (χ1) is 8.33. The summed E-state index contributed by atoms with van der Waals surface area (Å²) in [6.45, 7) is 3.45. The lowest BCUT2D eigenvalue weighted by Crippen LogP contribution is -2.38. The summed E-state index contributed by atoms with van der Waals surface area (Å²) in [4.78, 5) is 0.278. The number of alkyl halides is 1. The maximum atomic E-state index is 12.4. The molecular formula is C11H18ClN3O2S. The summed E-state index contributed by atoms with van der Waals surface area (Å²) in [6.07, 6.45) is 2.62. The number of sulfonamides is 1. The summed E-state index contributed by atoms with van der Waals surface area (Å²) < 4.78 is 29.0. The highest BCUT2D eigenvalue weighted by Crippen LogP contribution is 2.27. The monoisotopic (exact) mass is 291 g/mol. The van der Waals surface area contributed by atoms with Gasteiger partial charge in [0.25, 0.3) is 0 Å². The highest BCUT2D eigenvalue weighted by Gasteiger charge is 2.32. The molecule has 1 aliphatic carbocycles. The lowest BCUT2D eigenvalue weighted by Gasteiger charge is -2.16. The Morgan fingerprint density at radius 1 is 1.39 bits per heavy atom. The summed E-state index contributed by atoms with van der Waals surface area (Å²) in [5, 5.41) is 4.02. The summed E-state index contributed by atoms with van der Waals surface area (Å²) >= 11 is 6.11. The molecule has 2 rings (SSSR count). The van der Waals surface area contributed by atoms with Crippen LogP contribution in [0.3, 0.4) is 0 Å². The average molecular weight is 292 g/mol. The highest BCUT2D eigenvalue weighted by atomic mass is 35.5. The zero-order chi connectivity index (χ0) is 13.5. The fourth-order valence-corrected chi connectivity index (χ4v) is 4.62. The van der Waals surface area contributed by atoms with Crippen molar-refractivity contribution < 1.29 is 8.42 Å². The van der Waals surface area contributed by atoms with Gasteiger partial charge in [-0.15, -0.1) is 11.6 Å². The van der Waals surface area contributed by atoms with Gasteiger partial charge in [0.15, 0.2) is 0 Å². The molecule has 0 amide bonds. The predicted octanol–water partition coefficient (Wildman–Crippen LogP) is 1.48. The van der Waals surface area contributed by atoms with Crippen molar-refractivity contribution in [2.24, 2.45) is 7.05 Å². The van der Waals surface area contributed by atoms with Crippen molar-refractivity contribution in [1.82, 2.24) is 14.5 Å². The minimum Gasteiger partial charge on any atom is -0.271 e. The SMILES string of the molecule is Cc1nn(C)c(C)c1S(=O)(=O)NC1CCCC1Cl. The molecule has 1 aliphatic rings. The van der Waals surface area contributed by atoms with Crippen LogP contribution in [0.4, 0.5) is 0 Å². The van der Waals surface area contributed by atoms with E-state index in [0.29, 0.717) is 11.4 Å². The number of nitrogens with one attached hydrogen (secondary N) is 1. The standard InChI is InChI=1S/C11H18ClN3O2S/c1-7-11(8(2)15(3)13-7)18(16,17)14-10-6-4-5-9(10)12/h9-10,14H,4-6H2,1-3H3. The molecule has 2 unspecified atom stereocenters. The first-order valence-electron chi connectivity index (χ1n) is 5.99. The summed E-state index contributed by atoms with van der Waals surface area (Å²) in [6, 6.07) is -0.171. The van der Waals surface area contributed by atoms with E-state index in [1.807, 2.05) is 0 Å². The van der Waals surface area contributed by atoms with E-state index in [1.165, 1.54) is 0 Å². The predicted molar refractivity (Wildman–Crippen MR) is 70.3 cm³/mol. The molecule has 1 fully saturated rings. The number of halogens is 1. The Morgan fingerprint density at radius 2 is 2.06 bits per heavy atom. The number of aryl methyl sites for hydroxylation is 2. The van der Waals surface area contributed by atoms with E-state index in [-0.39, 0.29) is 16.3 Å². The molecule has 2 atom stereocenters. The zero-order valence-corrected chi connectivity index (χ0v) is 12.3. The van der Waals surface area contributed by atoms with Gasteiger partial charge >= 0.3 is 0 Å². The van der Waals surface area contributed by atoms with E-state index in [0.717, 1.165) is 19.3 Å². The molecule has 1 heterocycles. The molecule has 0 aliphatic heterocycles. The second-order valence-corrected chi connectivity index (χ2v) is 7.01. The van der Waals surface area contributed by atoms with Crippen LogP contribution in [0.1, 0.15) is 30.7 Å². The number of nitrogens with zero attached hydrogens (tertiary/aromatic N) is 2. The van der Waals surface area contributed by atoms with E-state index in [9.17, 15) is 8.42 Å². The lowest BCUT2D eigenvalue weighted by atomic mass is 10.3. The van der Waals surface area contributed by atoms with Gasteiger partial charge in [-0.05, 0) is 26.7 Å². The first kappa shape index (κ1) is 13.8. The summed E-state index contributed by atoms with van der Waals surface area (Å²) in [5.74, 6) is 0. The van der Waals surface area contributed by atoms with Crippen molar-refractivity contribution in [2.45, 2.75) is 49.4 Å². The van der Waals surface area contributed by atoms with Gasteiger partial charge in [-0.3, -0.25) is 4.68 Å². The summed E-state index contributed by atoms with van der Waals surface area (Å²) in [7, 11) is -1.80. The van der Waals surface area contributed by atoms with Crippen LogP contribution in [0.5, 0.6) is 0 Å². The van der Waals surface area contributed by atoms with Gasteiger partial charge in [-0.25, -0.2) is 13.1 Å². The van der Waals surface area contributed by atoms with Crippen LogP contribution in [0, 0.1) is 13.8 Å². The first-order valence-corrected chi connectivity index (χ1v) is 7.91. The fourth-order valence-electron chi connectivity index (χ4n) is 2.45. The number of aromatic nitrogens is 2. The number of hydrogen-bond donors (Lipinski definition) is 1. The zero-order valence-electron chi connectivity index (χ0n) is 10.8. The Bertz CT molecular complexity index is 553. The van der Waals surface area contributed by atoms with Crippen molar-refractivity contribution in [3.63, 3.8) is 0 Å². The van der Waals surface area contributed by atoms with E-state index in [2.05, 4.69) is 9.82 Å². The van der Waals surface area contributed by atoms with E-state index >= 15 is 0 Å². The third-order valence-electron chi connectivity index (χ3n) is 3.45. The molecule has 0 aromatic carbocycles. The van der Waals surface area contributed by atoms with Gasteiger partial charge in [-0.2, -0.15) is 5.10 Å². The quantitative estimate of drug-likeness (QED) is 0.858. The third-order valence-corrected chi connectivity index (χ3v) is 5.71. The maximum Gasteiger partial charge on any atom is 0.244 e. The molecule has 1 aromatic heterocycles. The Balaban J connectivity index is 2.31. The number of hydrogen-bond acceptors (Lipinski definition) is 3. The normalized spacial score (nSPS) is 24.7. The molecule has 0 saturated heterocycles. The molecule has 1 aromatic rings. The lowest BCUT2D eigenvalue weighted by molar-refractivity contribution is 0.552. The molecule has 1 N–H and O–H groups in total. The molecule has 1 saturated carbocycles. The topological polar surface area (TPSA) is 64.0 Å². The largest absolute Gasteiger partial charge is 0.271 e. The molecule has 7 heteroatoms.